The summed E-state index contributed by atoms with van der Waals surface area (Å²) in [6.45, 7) is 4.60. The fourth-order valence-electron chi connectivity index (χ4n) is 2.01. The van der Waals surface area contributed by atoms with Crippen molar-refractivity contribution in [1.82, 2.24) is 0 Å². The molecule has 0 radical (unpaired) electrons. The van der Waals surface area contributed by atoms with Gasteiger partial charge in [0.1, 0.15) is 11.9 Å². The van der Waals surface area contributed by atoms with Gasteiger partial charge in [0.05, 0.1) is 6.54 Å². The Morgan fingerprint density at radius 3 is 2.39 bits per heavy atom. The van der Waals surface area contributed by atoms with E-state index in [0.29, 0.717) is 12.5 Å². The zero-order valence-electron chi connectivity index (χ0n) is 13.5. The lowest BCUT2D eigenvalue weighted by Gasteiger charge is -2.13. The summed E-state index contributed by atoms with van der Waals surface area (Å²) >= 11 is 0. The van der Waals surface area contributed by atoms with Gasteiger partial charge in [-0.2, -0.15) is 0 Å². The highest BCUT2D eigenvalue weighted by Gasteiger charge is 2.03. The zero-order valence-corrected chi connectivity index (χ0v) is 15.9. The molecule has 0 saturated carbocycles. The average molecular weight is 425 g/mol. The van der Waals surface area contributed by atoms with E-state index in [9.17, 15) is 0 Å². The van der Waals surface area contributed by atoms with Gasteiger partial charge >= 0.3 is 0 Å². The number of nitrogens with one attached hydrogen (secondary N) is 1. The molecule has 0 amide bonds. The molecule has 0 heterocycles. The molecule has 2 aromatic rings. The number of guanidine groups is 1. The molecule has 124 valence electrons. The van der Waals surface area contributed by atoms with Crippen LogP contribution in [0.3, 0.4) is 0 Å². The Kier molecular flexibility index (Phi) is 8.47. The summed E-state index contributed by atoms with van der Waals surface area (Å²) in [6.07, 6.45) is 0.989. The van der Waals surface area contributed by atoms with E-state index in [4.69, 9.17) is 10.5 Å². The summed E-state index contributed by atoms with van der Waals surface area (Å²) in [5.74, 6) is 1.24. The maximum absolute atomic E-state index is 5.90. The van der Waals surface area contributed by atoms with E-state index < -0.39 is 0 Å². The van der Waals surface area contributed by atoms with E-state index in [2.05, 4.69) is 29.4 Å². The van der Waals surface area contributed by atoms with E-state index in [0.717, 1.165) is 17.9 Å². The second-order valence-electron chi connectivity index (χ2n) is 5.14. The molecule has 23 heavy (non-hydrogen) atoms. The predicted octanol–water partition coefficient (Wildman–Crippen LogP) is 4.06. The van der Waals surface area contributed by atoms with Gasteiger partial charge in [-0.05, 0) is 43.2 Å². The SMILES string of the molecule is CCc1ccc(NC(N)=NCC(C)Oc2ccccc2)cc1.I. The van der Waals surface area contributed by atoms with Crippen molar-refractivity contribution in [3.05, 3.63) is 60.2 Å². The third-order valence-corrected chi connectivity index (χ3v) is 3.23. The Labute approximate surface area is 155 Å². The molecule has 0 aliphatic carbocycles. The molecule has 2 rings (SSSR count). The first-order valence-electron chi connectivity index (χ1n) is 7.55. The second kappa shape index (κ2) is 10.1. The van der Waals surface area contributed by atoms with Crippen molar-refractivity contribution in [3.8, 4) is 5.75 Å². The van der Waals surface area contributed by atoms with Gasteiger partial charge in [-0.15, -0.1) is 24.0 Å². The highest BCUT2D eigenvalue weighted by atomic mass is 127. The standard InChI is InChI=1S/C18H23N3O.HI/c1-3-15-9-11-16(12-10-15)21-18(19)20-13-14(2)22-17-7-5-4-6-8-17;/h4-12,14H,3,13H2,1-2H3,(H3,19,20,21);1H. The molecule has 2 aromatic carbocycles. The lowest BCUT2D eigenvalue weighted by molar-refractivity contribution is 0.230. The number of rotatable bonds is 6. The van der Waals surface area contributed by atoms with E-state index in [1.807, 2.05) is 49.4 Å². The smallest absolute Gasteiger partial charge is 0.193 e. The van der Waals surface area contributed by atoms with Crippen LogP contribution in [0.4, 0.5) is 5.69 Å². The van der Waals surface area contributed by atoms with Crippen LogP contribution in [0, 0.1) is 0 Å². The van der Waals surface area contributed by atoms with Gasteiger partial charge < -0.3 is 15.8 Å². The minimum Gasteiger partial charge on any atom is -0.489 e. The van der Waals surface area contributed by atoms with Gasteiger partial charge in [0.25, 0.3) is 0 Å². The fraction of sp³-hybridized carbons (Fsp3) is 0.278. The molecule has 0 spiro atoms. The maximum Gasteiger partial charge on any atom is 0.193 e. The molecule has 4 nitrogen and oxygen atoms in total. The van der Waals surface area contributed by atoms with Gasteiger partial charge in [-0.25, -0.2) is 4.99 Å². The highest BCUT2D eigenvalue weighted by molar-refractivity contribution is 14.0. The largest absolute Gasteiger partial charge is 0.489 e. The van der Waals surface area contributed by atoms with Gasteiger partial charge in [0.15, 0.2) is 5.96 Å². The van der Waals surface area contributed by atoms with Crippen LogP contribution in [0.2, 0.25) is 0 Å². The van der Waals surface area contributed by atoms with Gasteiger partial charge in [0.2, 0.25) is 0 Å². The Balaban J connectivity index is 0.00000264. The summed E-state index contributed by atoms with van der Waals surface area (Å²) in [5, 5.41) is 3.08. The summed E-state index contributed by atoms with van der Waals surface area (Å²) in [7, 11) is 0. The lowest BCUT2D eigenvalue weighted by atomic mass is 10.1. The molecule has 0 saturated heterocycles. The number of aliphatic imine (C=N–C) groups is 1. The number of hydrogen-bond acceptors (Lipinski definition) is 2. The third-order valence-electron chi connectivity index (χ3n) is 3.23. The van der Waals surface area contributed by atoms with Crippen LogP contribution in [0.25, 0.3) is 0 Å². The summed E-state index contributed by atoms with van der Waals surface area (Å²) in [5.41, 5.74) is 8.14. The fourth-order valence-corrected chi connectivity index (χ4v) is 2.01. The normalized spacial score (nSPS) is 12.2. The molecular weight excluding hydrogens is 401 g/mol. The first-order chi connectivity index (χ1) is 10.7. The predicted molar refractivity (Wildman–Crippen MR) is 108 cm³/mol. The number of nitrogens with two attached hydrogens (primary N) is 1. The first kappa shape index (κ1) is 19.3. The van der Waals surface area contributed by atoms with Crippen molar-refractivity contribution >= 4 is 35.6 Å². The molecule has 0 aliphatic heterocycles. The van der Waals surface area contributed by atoms with Crippen LogP contribution in [0.5, 0.6) is 5.75 Å². The van der Waals surface area contributed by atoms with Gasteiger partial charge in [0, 0.05) is 5.69 Å². The van der Waals surface area contributed by atoms with Crippen LogP contribution < -0.4 is 15.8 Å². The zero-order chi connectivity index (χ0) is 15.8. The summed E-state index contributed by atoms with van der Waals surface area (Å²) in [4.78, 5) is 4.32. The number of benzene rings is 2. The van der Waals surface area contributed by atoms with Crippen LogP contribution in [0.15, 0.2) is 59.6 Å². The minimum atomic E-state index is -0.0368. The number of halogens is 1. The molecule has 1 atom stereocenters. The van der Waals surface area contributed by atoms with E-state index in [1.54, 1.807) is 0 Å². The molecule has 0 aromatic heterocycles. The molecule has 0 fully saturated rings. The van der Waals surface area contributed by atoms with Crippen molar-refractivity contribution in [2.75, 3.05) is 11.9 Å². The number of para-hydroxylation sites is 1. The highest BCUT2D eigenvalue weighted by Crippen LogP contribution is 2.11. The van der Waals surface area contributed by atoms with E-state index in [1.165, 1.54) is 5.56 Å². The number of ether oxygens (including phenoxy) is 1. The number of anilines is 1. The molecule has 5 heteroatoms. The quantitative estimate of drug-likeness (QED) is 0.417. The number of hydrogen-bond donors (Lipinski definition) is 2. The van der Waals surface area contributed by atoms with Crippen LogP contribution in [-0.2, 0) is 6.42 Å². The lowest BCUT2D eigenvalue weighted by Crippen LogP contribution is -2.25. The molecule has 0 bridgehead atoms. The third kappa shape index (κ3) is 6.90. The molecule has 0 aliphatic rings. The van der Waals surface area contributed by atoms with Crippen molar-refractivity contribution in [2.24, 2.45) is 10.7 Å². The molecular formula is C18H24IN3O. The Hall–Kier alpha value is -1.76. The monoisotopic (exact) mass is 425 g/mol. The Morgan fingerprint density at radius 1 is 1.13 bits per heavy atom. The Morgan fingerprint density at radius 2 is 1.78 bits per heavy atom. The second-order valence-corrected chi connectivity index (χ2v) is 5.14. The van der Waals surface area contributed by atoms with E-state index >= 15 is 0 Å². The topological polar surface area (TPSA) is 59.6 Å². The van der Waals surface area contributed by atoms with Crippen molar-refractivity contribution in [3.63, 3.8) is 0 Å². The molecule has 3 N–H and O–H groups in total. The molecule has 1 unspecified atom stereocenters. The van der Waals surface area contributed by atoms with Crippen molar-refractivity contribution < 1.29 is 4.74 Å². The van der Waals surface area contributed by atoms with Crippen LogP contribution in [0.1, 0.15) is 19.4 Å². The minimum absolute atomic E-state index is 0. The van der Waals surface area contributed by atoms with Gasteiger partial charge in [-0.3, -0.25) is 0 Å². The maximum atomic E-state index is 5.90. The van der Waals surface area contributed by atoms with E-state index in [-0.39, 0.29) is 30.1 Å². The van der Waals surface area contributed by atoms with Crippen molar-refractivity contribution in [1.29, 1.82) is 0 Å². The summed E-state index contributed by atoms with van der Waals surface area (Å²) in [6, 6.07) is 17.9. The summed E-state index contributed by atoms with van der Waals surface area (Å²) < 4.78 is 5.75. The van der Waals surface area contributed by atoms with Crippen molar-refractivity contribution in [2.45, 2.75) is 26.4 Å². The van der Waals surface area contributed by atoms with Crippen LogP contribution >= 0.6 is 24.0 Å². The van der Waals surface area contributed by atoms with Crippen LogP contribution in [-0.4, -0.2) is 18.6 Å². The number of nitrogens with zero attached hydrogens (tertiary/aromatic N) is 1. The average Bonchev–Trinajstić information content (AvgIpc) is 2.55. The Bertz CT molecular complexity index is 599. The first-order valence-corrected chi connectivity index (χ1v) is 7.55. The van der Waals surface area contributed by atoms with Gasteiger partial charge in [-0.1, -0.05) is 37.3 Å². The number of aryl methyl sites for hydroxylation is 1.